The third-order valence-corrected chi connectivity index (χ3v) is 3.95. The van der Waals surface area contributed by atoms with Crippen LogP contribution in [0, 0.1) is 24.7 Å². The second kappa shape index (κ2) is 5.60. The molecule has 2 aromatic rings. The van der Waals surface area contributed by atoms with Crippen LogP contribution in [0.2, 0.25) is 0 Å². The number of benzene rings is 2. The Morgan fingerprint density at radius 2 is 1.55 bits per heavy atom. The lowest BCUT2D eigenvalue weighted by Gasteiger charge is -2.13. The summed E-state index contributed by atoms with van der Waals surface area (Å²) in [5.41, 5.74) is 4.95. The van der Waals surface area contributed by atoms with E-state index in [4.69, 9.17) is 29.2 Å². The van der Waals surface area contributed by atoms with Gasteiger partial charge in [0.2, 0.25) is 0 Å². The number of carbonyl (C=O) groups excluding carboxylic acids is 1. The number of hydrogen-bond donors (Lipinski definition) is 0. The van der Waals surface area contributed by atoms with Crippen molar-refractivity contribution in [3.63, 3.8) is 0 Å². The lowest BCUT2D eigenvalue weighted by molar-refractivity contribution is 0.170. The van der Waals surface area contributed by atoms with Gasteiger partial charge in [-0.3, -0.25) is 0 Å². The summed E-state index contributed by atoms with van der Waals surface area (Å²) in [5.74, 6) is 5.13. The van der Waals surface area contributed by atoms with Crippen molar-refractivity contribution >= 4 is 17.0 Å². The molecule has 0 spiro atoms. The van der Waals surface area contributed by atoms with Gasteiger partial charge in [0.1, 0.15) is 6.61 Å². The predicted octanol–water partition coefficient (Wildman–Crippen LogP) is 4.14. The number of carbonyl (C=O) groups is 1. The van der Waals surface area contributed by atoms with Crippen LogP contribution in [0.25, 0.3) is 11.1 Å². The van der Waals surface area contributed by atoms with Crippen LogP contribution in [0.5, 0.6) is 0 Å². The predicted molar refractivity (Wildman–Crippen MR) is 86.8 cm³/mol. The van der Waals surface area contributed by atoms with E-state index in [0.717, 1.165) is 33.4 Å². The first-order valence-corrected chi connectivity index (χ1v) is 7.05. The molecular weight excluding hydrogens is 296 g/mol. The maximum absolute atomic E-state index is 10.9. The van der Waals surface area contributed by atoms with Crippen LogP contribution in [0.15, 0.2) is 36.4 Å². The van der Waals surface area contributed by atoms with Gasteiger partial charge in [-0.2, -0.15) is 0 Å². The highest BCUT2D eigenvalue weighted by Crippen LogP contribution is 2.45. The van der Waals surface area contributed by atoms with Crippen LogP contribution >= 0.6 is 11.6 Å². The largest absolute Gasteiger partial charge is 0.453 e. The van der Waals surface area contributed by atoms with Crippen LogP contribution < -0.4 is 0 Å². The van der Waals surface area contributed by atoms with E-state index in [1.807, 2.05) is 36.4 Å². The Morgan fingerprint density at radius 1 is 1.05 bits per heavy atom. The fourth-order valence-corrected chi connectivity index (χ4v) is 2.93. The lowest BCUT2D eigenvalue weighted by atomic mass is 9.96. The van der Waals surface area contributed by atoms with Gasteiger partial charge in [0.15, 0.2) is 0 Å². The maximum Gasteiger partial charge on any atom is 0.403 e. The molecular formula is C19H11ClO2. The molecule has 2 aromatic carbocycles. The van der Waals surface area contributed by atoms with E-state index in [1.54, 1.807) is 0 Å². The number of fused-ring (bicyclic) bond motifs is 3. The number of terminal acetylenes is 2. The van der Waals surface area contributed by atoms with Crippen LogP contribution in [0.1, 0.15) is 28.2 Å². The van der Waals surface area contributed by atoms with Gasteiger partial charge in [-0.25, -0.2) is 4.79 Å². The van der Waals surface area contributed by atoms with Gasteiger partial charge < -0.3 is 4.74 Å². The second-order valence-electron chi connectivity index (χ2n) is 4.99. The maximum atomic E-state index is 10.9. The molecule has 106 valence electrons. The van der Waals surface area contributed by atoms with Crippen molar-refractivity contribution in [3.05, 3.63) is 58.7 Å². The molecule has 22 heavy (non-hydrogen) atoms. The van der Waals surface area contributed by atoms with E-state index < -0.39 is 5.43 Å². The molecule has 0 saturated carbocycles. The van der Waals surface area contributed by atoms with Gasteiger partial charge in [0.05, 0.1) is 0 Å². The van der Waals surface area contributed by atoms with Crippen molar-refractivity contribution in [2.24, 2.45) is 0 Å². The molecule has 0 fully saturated rings. The molecule has 0 heterocycles. The van der Waals surface area contributed by atoms with Crippen LogP contribution in [-0.4, -0.2) is 12.0 Å². The van der Waals surface area contributed by atoms with E-state index in [9.17, 15) is 4.79 Å². The van der Waals surface area contributed by atoms with E-state index in [1.165, 1.54) is 0 Å². The third kappa shape index (κ3) is 2.35. The molecule has 0 bridgehead atoms. The Hall–Kier alpha value is -2.68. The molecule has 2 nitrogen and oxygen atoms in total. The highest BCUT2D eigenvalue weighted by Gasteiger charge is 2.30. The first kappa shape index (κ1) is 14.3. The normalized spacial score (nSPS) is 12.0. The van der Waals surface area contributed by atoms with E-state index in [2.05, 4.69) is 11.8 Å². The van der Waals surface area contributed by atoms with Crippen molar-refractivity contribution in [2.75, 3.05) is 6.61 Å². The van der Waals surface area contributed by atoms with E-state index in [0.29, 0.717) is 0 Å². The minimum absolute atomic E-state index is 0.116. The molecule has 0 unspecified atom stereocenters. The standard InChI is InChI=1S/C19H11ClO2/c1-3-12-5-7-14-15-8-6-13(4-2)10-17(15)18(16(14)9-12)11-22-19(20)21/h1-2,5-10,18H,11H2. The first-order chi connectivity index (χ1) is 10.6. The fraction of sp³-hybridized carbons (Fsp3) is 0.105. The van der Waals surface area contributed by atoms with Crippen molar-refractivity contribution in [1.29, 1.82) is 0 Å². The summed E-state index contributed by atoms with van der Waals surface area (Å²) in [6.45, 7) is 0.157. The highest BCUT2D eigenvalue weighted by molar-refractivity contribution is 6.61. The molecule has 0 radical (unpaired) electrons. The van der Waals surface area contributed by atoms with Crippen molar-refractivity contribution in [3.8, 4) is 35.8 Å². The molecule has 3 heteroatoms. The average Bonchev–Trinajstić information content (AvgIpc) is 2.84. The van der Waals surface area contributed by atoms with Gasteiger partial charge in [0.25, 0.3) is 0 Å². The zero-order chi connectivity index (χ0) is 15.7. The van der Waals surface area contributed by atoms with Gasteiger partial charge in [-0.15, -0.1) is 12.8 Å². The smallest absolute Gasteiger partial charge is 0.403 e. The zero-order valence-corrected chi connectivity index (χ0v) is 12.4. The van der Waals surface area contributed by atoms with Gasteiger partial charge in [-0.05, 0) is 46.5 Å². The molecule has 1 aliphatic rings. The van der Waals surface area contributed by atoms with Gasteiger partial charge in [0, 0.05) is 28.6 Å². The molecule has 1 aliphatic carbocycles. The fourth-order valence-electron chi connectivity index (χ4n) is 2.87. The summed E-state index contributed by atoms with van der Waals surface area (Å²) in [6.07, 6.45) is 11.0. The quantitative estimate of drug-likeness (QED) is 0.616. The molecule has 0 aromatic heterocycles. The molecule has 0 atom stereocenters. The molecule has 3 rings (SSSR count). The third-order valence-electron chi connectivity index (χ3n) is 3.84. The summed E-state index contributed by atoms with van der Waals surface area (Å²) in [5, 5.41) is 0. The Balaban J connectivity index is 2.14. The topological polar surface area (TPSA) is 26.3 Å². The van der Waals surface area contributed by atoms with Crippen LogP contribution in [0.3, 0.4) is 0 Å². The SMILES string of the molecule is C#Cc1ccc2c(c1)C(COC(=O)Cl)c1cc(C#C)ccc1-2. The van der Waals surface area contributed by atoms with E-state index >= 15 is 0 Å². The summed E-state index contributed by atoms with van der Waals surface area (Å²) in [7, 11) is 0. The lowest BCUT2D eigenvalue weighted by Crippen LogP contribution is -2.08. The van der Waals surface area contributed by atoms with Crippen molar-refractivity contribution in [1.82, 2.24) is 0 Å². The molecule has 0 N–H and O–H groups in total. The highest BCUT2D eigenvalue weighted by atomic mass is 35.5. The zero-order valence-electron chi connectivity index (χ0n) is 11.6. The van der Waals surface area contributed by atoms with Crippen molar-refractivity contribution < 1.29 is 9.53 Å². The second-order valence-corrected chi connectivity index (χ2v) is 5.30. The summed E-state index contributed by atoms with van der Waals surface area (Å²) < 4.78 is 5.01. The number of rotatable bonds is 2. The Kier molecular flexibility index (Phi) is 3.63. The van der Waals surface area contributed by atoms with Crippen molar-refractivity contribution in [2.45, 2.75) is 5.92 Å². The van der Waals surface area contributed by atoms with Gasteiger partial charge in [-0.1, -0.05) is 24.0 Å². The number of hydrogen-bond acceptors (Lipinski definition) is 2. The Labute approximate surface area is 134 Å². The van der Waals surface area contributed by atoms with Gasteiger partial charge >= 0.3 is 5.43 Å². The first-order valence-electron chi connectivity index (χ1n) is 6.67. The van der Waals surface area contributed by atoms with E-state index in [-0.39, 0.29) is 12.5 Å². The minimum atomic E-state index is -0.823. The molecule has 0 saturated heterocycles. The Bertz CT molecular complexity index is 789. The van der Waals surface area contributed by atoms with Crippen LogP contribution in [-0.2, 0) is 4.74 Å². The number of halogens is 1. The van der Waals surface area contributed by atoms with Crippen LogP contribution in [0.4, 0.5) is 4.79 Å². The average molecular weight is 307 g/mol. The molecule has 0 amide bonds. The summed E-state index contributed by atoms with van der Waals surface area (Å²) in [4.78, 5) is 10.9. The minimum Gasteiger partial charge on any atom is -0.453 e. The monoisotopic (exact) mass is 306 g/mol. The Morgan fingerprint density at radius 3 is 1.95 bits per heavy atom. The summed E-state index contributed by atoms with van der Waals surface area (Å²) >= 11 is 5.30. The molecule has 0 aliphatic heterocycles. The summed E-state index contributed by atoms with van der Waals surface area (Å²) in [6, 6.07) is 11.7. The number of ether oxygens (including phenoxy) is 1.